The highest BCUT2D eigenvalue weighted by atomic mass is 16.7. The van der Waals surface area contributed by atoms with Crippen molar-refractivity contribution in [2.24, 2.45) is 5.10 Å². The van der Waals surface area contributed by atoms with Gasteiger partial charge < -0.3 is 19.9 Å². The number of nitro groups is 1. The largest absolute Gasteiger partial charge is 0.507 e. The van der Waals surface area contributed by atoms with Crippen molar-refractivity contribution in [3.8, 4) is 17.2 Å². The molecule has 2 amide bonds. The van der Waals surface area contributed by atoms with Gasteiger partial charge >= 0.3 is 0 Å². The van der Waals surface area contributed by atoms with Gasteiger partial charge in [-0.05, 0) is 42.0 Å². The maximum absolute atomic E-state index is 12.9. The summed E-state index contributed by atoms with van der Waals surface area (Å²) < 4.78 is 10.6. The second-order valence-corrected chi connectivity index (χ2v) is 7.19. The molecule has 1 aliphatic rings. The smallest absolute Gasteiger partial charge is 0.287 e. The molecule has 0 atom stereocenters. The van der Waals surface area contributed by atoms with Crippen molar-refractivity contribution in [3.05, 3.63) is 99.2 Å². The van der Waals surface area contributed by atoms with Crippen LogP contribution in [0.15, 0.2) is 77.5 Å². The summed E-state index contributed by atoms with van der Waals surface area (Å²) in [6.45, 7) is 0.0831. The van der Waals surface area contributed by atoms with E-state index in [1.807, 2.05) is 0 Å². The molecular formula is C24H18N4O7. The SMILES string of the molecule is O=C(N/N=C/c1cc([N+](=O)[O-])ccc1O)/C(=C\c1ccc2c(c1)OCO2)NC(=O)c1ccccc1. The zero-order valence-electron chi connectivity index (χ0n) is 18.0. The molecule has 0 saturated heterocycles. The number of carbonyl (C=O) groups is 2. The van der Waals surface area contributed by atoms with Crippen LogP contribution >= 0.6 is 0 Å². The third kappa shape index (κ3) is 5.60. The number of hydrogen-bond donors (Lipinski definition) is 3. The van der Waals surface area contributed by atoms with Crippen LogP contribution in [0.1, 0.15) is 21.5 Å². The molecule has 0 aromatic heterocycles. The first-order chi connectivity index (χ1) is 16.9. The Morgan fingerprint density at radius 1 is 1.03 bits per heavy atom. The standard InChI is InChI=1S/C24H18N4O7/c29-20-8-7-18(28(32)33)12-17(20)13-25-27-24(31)19(26-23(30)16-4-2-1-3-5-16)10-15-6-9-21-22(11-15)35-14-34-21/h1-13,29H,14H2,(H,26,30)(H,27,31)/b19-10+,25-13+. The number of ether oxygens (including phenoxy) is 2. The number of hydrazone groups is 1. The molecule has 1 aliphatic heterocycles. The van der Waals surface area contributed by atoms with Crippen LogP contribution in [0.25, 0.3) is 6.08 Å². The zero-order valence-corrected chi connectivity index (χ0v) is 18.0. The van der Waals surface area contributed by atoms with Crippen molar-refractivity contribution in [1.82, 2.24) is 10.7 Å². The molecule has 1 heterocycles. The van der Waals surface area contributed by atoms with Crippen molar-refractivity contribution < 1.29 is 29.1 Å². The van der Waals surface area contributed by atoms with Gasteiger partial charge in [0.05, 0.1) is 11.1 Å². The topological polar surface area (TPSA) is 152 Å². The molecule has 0 unspecified atom stereocenters. The van der Waals surface area contributed by atoms with Crippen LogP contribution < -0.4 is 20.2 Å². The van der Waals surface area contributed by atoms with E-state index in [0.29, 0.717) is 22.6 Å². The van der Waals surface area contributed by atoms with Crippen LogP contribution in [0.2, 0.25) is 0 Å². The highest BCUT2D eigenvalue weighted by molar-refractivity contribution is 6.05. The number of phenols is 1. The summed E-state index contributed by atoms with van der Waals surface area (Å²) in [5.74, 6) is -0.502. The Bertz CT molecular complexity index is 1350. The van der Waals surface area contributed by atoms with Gasteiger partial charge in [0, 0.05) is 23.3 Å². The molecule has 35 heavy (non-hydrogen) atoms. The van der Waals surface area contributed by atoms with Gasteiger partial charge in [-0.25, -0.2) is 5.43 Å². The number of nitrogens with one attached hydrogen (secondary N) is 2. The summed E-state index contributed by atoms with van der Waals surface area (Å²) in [6, 6.07) is 16.7. The van der Waals surface area contributed by atoms with E-state index in [2.05, 4.69) is 15.8 Å². The van der Waals surface area contributed by atoms with Crippen LogP contribution in [-0.2, 0) is 4.79 Å². The van der Waals surface area contributed by atoms with E-state index in [4.69, 9.17) is 9.47 Å². The summed E-state index contributed by atoms with van der Waals surface area (Å²) in [5.41, 5.74) is 2.77. The first-order valence-corrected chi connectivity index (χ1v) is 10.2. The van der Waals surface area contributed by atoms with Crippen LogP contribution in [0, 0.1) is 10.1 Å². The Balaban J connectivity index is 1.57. The zero-order chi connectivity index (χ0) is 24.8. The fourth-order valence-corrected chi connectivity index (χ4v) is 3.09. The monoisotopic (exact) mass is 474 g/mol. The molecule has 0 radical (unpaired) electrons. The molecule has 0 spiro atoms. The molecule has 176 valence electrons. The Morgan fingerprint density at radius 3 is 2.57 bits per heavy atom. The second-order valence-electron chi connectivity index (χ2n) is 7.19. The van der Waals surface area contributed by atoms with E-state index in [1.165, 1.54) is 6.08 Å². The average Bonchev–Trinajstić information content (AvgIpc) is 3.33. The molecule has 3 aromatic carbocycles. The van der Waals surface area contributed by atoms with Gasteiger partial charge in [-0.2, -0.15) is 5.10 Å². The lowest BCUT2D eigenvalue weighted by atomic mass is 10.1. The minimum absolute atomic E-state index is 0.0223. The van der Waals surface area contributed by atoms with Crippen LogP contribution in [0.5, 0.6) is 17.2 Å². The maximum atomic E-state index is 12.9. The van der Waals surface area contributed by atoms with Crippen LogP contribution in [0.4, 0.5) is 5.69 Å². The van der Waals surface area contributed by atoms with Gasteiger partial charge in [0.25, 0.3) is 17.5 Å². The molecule has 11 heteroatoms. The van der Waals surface area contributed by atoms with Gasteiger partial charge in [-0.3, -0.25) is 19.7 Å². The average molecular weight is 474 g/mol. The lowest BCUT2D eigenvalue weighted by Gasteiger charge is -2.09. The minimum Gasteiger partial charge on any atom is -0.507 e. The van der Waals surface area contributed by atoms with Gasteiger partial charge in [0.2, 0.25) is 6.79 Å². The first kappa shape index (κ1) is 23.0. The quantitative estimate of drug-likeness (QED) is 0.206. The summed E-state index contributed by atoms with van der Waals surface area (Å²) in [4.78, 5) is 35.9. The summed E-state index contributed by atoms with van der Waals surface area (Å²) in [7, 11) is 0. The molecule has 0 saturated carbocycles. The van der Waals surface area contributed by atoms with E-state index in [1.54, 1.807) is 48.5 Å². The van der Waals surface area contributed by atoms with Crippen molar-refractivity contribution in [3.63, 3.8) is 0 Å². The van der Waals surface area contributed by atoms with E-state index in [-0.39, 0.29) is 29.5 Å². The Morgan fingerprint density at radius 2 is 1.80 bits per heavy atom. The number of hydrogen-bond acceptors (Lipinski definition) is 8. The normalized spacial score (nSPS) is 12.4. The number of fused-ring (bicyclic) bond motifs is 1. The van der Waals surface area contributed by atoms with Crippen LogP contribution in [0.3, 0.4) is 0 Å². The molecule has 11 nitrogen and oxygen atoms in total. The number of amides is 2. The van der Waals surface area contributed by atoms with Crippen molar-refractivity contribution in [2.75, 3.05) is 6.79 Å². The predicted octanol–water partition coefficient (Wildman–Crippen LogP) is 2.95. The number of non-ortho nitro benzene ring substituents is 1. The lowest BCUT2D eigenvalue weighted by molar-refractivity contribution is -0.384. The highest BCUT2D eigenvalue weighted by Crippen LogP contribution is 2.33. The second kappa shape index (κ2) is 10.2. The van der Waals surface area contributed by atoms with E-state index < -0.39 is 16.7 Å². The molecule has 4 rings (SSSR count). The highest BCUT2D eigenvalue weighted by Gasteiger charge is 2.17. The fourth-order valence-electron chi connectivity index (χ4n) is 3.09. The maximum Gasteiger partial charge on any atom is 0.287 e. The predicted molar refractivity (Wildman–Crippen MR) is 125 cm³/mol. The number of benzene rings is 3. The summed E-state index contributed by atoms with van der Waals surface area (Å²) in [5, 5.41) is 27.2. The van der Waals surface area contributed by atoms with Gasteiger partial charge in [0.1, 0.15) is 11.4 Å². The molecule has 3 N–H and O–H groups in total. The van der Waals surface area contributed by atoms with E-state index >= 15 is 0 Å². The van der Waals surface area contributed by atoms with Crippen molar-refractivity contribution in [1.29, 1.82) is 0 Å². The molecular weight excluding hydrogens is 456 g/mol. The Labute approximate surface area is 198 Å². The first-order valence-electron chi connectivity index (χ1n) is 10.2. The number of nitrogens with zero attached hydrogens (tertiary/aromatic N) is 2. The molecule has 0 fully saturated rings. The molecule has 0 bridgehead atoms. The minimum atomic E-state index is -0.770. The Hall–Kier alpha value is -5.19. The van der Waals surface area contributed by atoms with Gasteiger partial charge in [0.15, 0.2) is 11.5 Å². The number of aromatic hydroxyl groups is 1. The summed E-state index contributed by atoms with van der Waals surface area (Å²) in [6.07, 6.45) is 2.48. The number of rotatable bonds is 7. The molecule has 3 aromatic rings. The Kier molecular flexibility index (Phi) is 6.68. The number of phenolic OH excluding ortho intramolecular Hbond substituents is 1. The van der Waals surface area contributed by atoms with Crippen molar-refractivity contribution >= 4 is 29.8 Å². The van der Waals surface area contributed by atoms with Gasteiger partial charge in [-0.15, -0.1) is 0 Å². The van der Waals surface area contributed by atoms with E-state index in [0.717, 1.165) is 24.4 Å². The fraction of sp³-hybridized carbons (Fsp3) is 0.0417. The molecule has 0 aliphatic carbocycles. The lowest BCUT2D eigenvalue weighted by Crippen LogP contribution is -2.32. The van der Waals surface area contributed by atoms with Crippen molar-refractivity contribution in [2.45, 2.75) is 0 Å². The summed E-state index contributed by atoms with van der Waals surface area (Å²) >= 11 is 0. The van der Waals surface area contributed by atoms with Gasteiger partial charge in [-0.1, -0.05) is 24.3 Å². The van der Waals surface area contributed by atoms with Crippen LogP contribution in [-0.4, -0.2) is 34.9 Å². The number of nitro benzene ring substituents is 1. The van der Waals surface area contributed by atoms with E-state index in [9.17, 15) is 24.8 Å². The third-order valence-electron chi connectivity index (χ3n) is 4.83. The third-order valence-corrected chi connectivity index (χ3v) is 4.83. The number of carbonyl (C=O) groups excluding carboxylic acids is 2.